The quantitative estimate of drug-likeness (QED) is 0.579. The Balaban J connectivity index is 1.34. The van der Waals surface area contributed by atoms with Gasteiger partial charge >= 0.3 is 12.0 Å². The van der Waals surface area contributed by atoms with Gasteiger partial charge in [0.2, 0.25) is 5.82 Å². The number of nitrogens with zero attached hydrogens (tertiary/aromatic N) is 3. The van der Waals surface area contributed by atoms with Crippen molar-refractivity contribution in [3.63, 3.8) is 0 Å². The lowest BCUT2D eigenvalue weighted by molar-refractivity contribution is -0.149. The minimum atomic E-state index is -0.935. The van der Waals surface area contributed by atoms with E-state index >= 15 is 0 Å². The highest BCUT2D eigenvalue weighted by Crippen LogP contribution is 2.42. The third-order valence-electron chi connectivity index (χ3n) is 4.89. The molecule has 146 valence electrons. The van der Waals surface area contributed by atoms with Gasteiger partial charge in [-0.05, 0) is 37.8 Å². The Kier molecular flexibility index (Phi) is 4.54. The van der Waals surface area contributed by atoms with Crippen LogP contribution in [0.4, 0.5) is 4.79 Å². The molecule has 1 atom stereocenters. The standard InChI is InChI=1S/C18H17ClN4O5/c1-18(11-5-6-11)16(25)23(17(26)21-18)8-14(24)27-9-13-20-15(22-28-13)10-3-2-4-12(19)7-10/h2-4,7,11H,5-6,8-9H2,1H3,(H,21,26)/t18-/m1/s1. The van der Waals surface area contributed by atoms with Crippen LogP contribution in [-0.4, -0.2) is 45.0 Å². The van der Waals surface area contributed by atoms with Crippen molar-refractivity contribution in [3.8, 4) is 11.4 Å². The Morgan fingerprint density at radius 3 is 2.93 bits per heavy atom. The molecule has 2 fully saturated rings. The molecule has 4 rings (SSSR count). The zero-order valence-electron chi connectivity index (χ0n) is 15.0. The average molecular weight is 405 g/mol. The molecule has 0 spiro atoms. The highest BCUT2D eigenvalue weighted by Gasteiger charge is 2.56. The minimum Gasteiger partial charge on any atom is -0.454 e. The third kappa shape index (κ3) is 3.45. The lowest BCUT2D eigenvalue weighted by atomic mass is 9.96. The first-order valence-electron chi connectivity index (χ1n) is 8.75. The number of nitrogens with one attached hydrogen (secondary N) is 1. The topological polar surface area (TPSA) is 115 Å². The maximum atomic E-state index is 12.5. The fourth-order valence-electron chi connectivity index (χ4n) is 3.17. The number of esters is 1. The number of hydrogen-bond acceptors (Lipinski definition) is 7. The van der Waals surface area contributed by atoms with E-state index in [9.17, 15) is 14.4 Å². The van der Waals surface area contributed by atoms with Crippen LogP contribution < -0.4 is 5.32 Å². The van der Waals surface area contributed by atoms with E-state index in [1.165, 1.54) is 0 Å². The summed E-state index contributed by atoms with van der Waals surface area (Å²) in [6, 6.07) is 6.33. The van der Waals surface area contributed by atoms with Gasteiger partial charge in [-0.3, -0.25) is 14.5 Å². The molecular weight excluding hydrogens is 388 g/mol. The SMILES string of the molecule is C[C@]1(C2CC2)NC(=O)N(CC(=O)OCc2nc(-c3cccc(Cl)c3)no2)C1=O. The number of benzene rings is 1. The van der Waals surface area contributed by atoms with Gasteiger partial charge in [0.15, 0.2) is 6.61 Å². The monoisotopic (exact) mass is 404 g/mol. The molecule has 2 heterocycles. The van der Waals surface area contributed by atoms with E-state index in [4.69, 9.17) is 20.9 Å². The first kappa shape index (κ1) is 18.4. The van der Waals surface area contributed by atoms with Crippen molar-refractivity contribution in [2.24, 2.45) is 5.92 Å². The summed E-state index contributed by atoms with van der Waals surface area (Å²) in [5.41, 5.74) is -0.275. The van der Waals surface area contributed by atoms with Crippen molar-refractivity contribution in [3.05, 3.63) is 35.2 Å². The lowest BCUT2D eigenvalue weighted by Crippen LogP contribution is -2.46. The molecule has 9 nitrogen and oxygen atoms in total. The van der Waals surface area contributed by atoms with E-state index in [1.54, 1.807) is 31.2 Å². The van der Waals surface area contributed by atoms with Crippen LogP contribution in [0, 0.1) is 5.92 Å². The van der Waals surface area contributed by atoms with Crippen molar-refractivity contribution in [2.75, 3.05) is 6.54 Å². The molecule has 2 aromatic rings. The molecule has 1 aliphatic heterocycles. The summed E-state index contributed by atoms with van der Waals surface area (Å²) >= 11 is 5.93. The molecule has 1 aromatic heterocycles. The van der Waals surface area contributed by atoms with E-state index in [-0.39, 0.29) is 18.4 Å². The molecule has 0 radical (unpaired) electrons. The maximum Gasteiger partial charge on any atom is 0.326 e. The van der Waals surface area contributed by atoms with Gasteiger partial charge in [-0.2, -0.15) is 4.98 Å². The third-order valence-corrected chi connectivity index (χ3v) is 5.12. The number of rotatable bonds is 6. The fraction of sp³-hybridized carbons (Fsp3) is 0.389. The average Bonchev–Trinajstić information content (AvgIpc) is 3.38. The molecule has 1 saturated heterocycles. The molecule has 1 aliphatic carbocycles. The predicted molar refractivity (Wildman–Crippen MR) is 95.9 cm³/mol. The number of ether oxygens (including phenoxy) is 1. The first-order valence-corrected chi connectivity index (χ1v) is 9.13. The molecule has 0 unspecified atom stereocenters. The van der Waals surface area contributed by atoms with E-state index in [0.717, 1.165) is 17.7 Å². The maximum absolute atomic E-state index is 12.5. The number of halogens is 1. The van der Waals surface area contributed by atoms with Gasteiger partial charge < -0.3 is 14.6 Å². The first-order chi connectivity index (χ1) is 13.4. The summed E-state index contributed by atoms with van der Waals surface area (Å²) in [5, 5.41) is 7.02. The van der Waals surface area contributed by atoms with Gasteiger partial charge in [0.25, 0.3) is 11.8 Å². The number of urea groups is 1. The molecule has 1 saturated carbocycles. The molecule has 3 amide bonds. The van der Waals surface area contributed by atoms with Crippen molar-refractivity contribution >= 4 is 29.5 Å². The summed E-state index contributed by atoms with van der Waals surface area (Å²) in [6.07, 6.45) is 1.76. The van der Waals surface area contributed by atoms with E-state index in [0.29, 0.717) is 16.4 Å². The van der Waals surface area contributed by atoms with Crippen LogP contribution >= 0.6 is 11.6 Å². The van der Waals surface area contributed by atoms with Gasteiger partial charge in [0.1, 0.15) is 12.1 Å². The molecule has 1 aromatic carbocycles. The van der Waals surface area contributed by atoms with Gasteiger partial charge in [-0.1, -0.05) is 28.9 Å². The van der Waals surface area contributed by atoms with Crippen molar-refractivity contribution in [2.45, 2.75) is 31.9 Å². The number of carbonyl (C=O) groups excluding carboxylic acids is 3. The van der Waals surface area contributed by atoms with Gasteiger partial charge in [0, 0.05) is 10.6 Å². The Labute approximate surface area is 165 Å². The highest BCUT2D eigenvalue weighted by molar-refractivity contribution is 6.30. The van der Waals surface area contributed by atoms with E-state index < -0.39 is 30.0 Å². The summed E-state index contributed by atoms with van der Waals surface area (Å²) in [4.78, 5) is 41.7. The van der Waals surface area contributed by atoms with Gasteiger partial charge in [-0.15, -0.1) is 0 Å². The van der Waals surface area contributed by atoms with Gasteiger partial charge in [0.05, 0.1) is 0 Å². The Morgan fingerprint density at radius 1 is 1.43 bits per heavy atom. The summed E-state index contributed by atoms with van der Waals surface area (Å²) < 4.78 is 10.1. The normalized spacial score (nSPS) is 21.7. The van der Waals surface area contributed by atoms with Crippen LogP contribution in [0.25, 0.3) is 11.4 Å². The number of amides is 3. The smallest absolute Gasteiger partial charge is 0.326 e. The summed E-state index contributed by atoms with van der Waals surface area (Å²) in [5.74, 6) is -0.636. The van der Waals surface area contributed by atoms with Crippen molar-refractivity contribution in [1.82, 2.24) is 20.4 Å². The van der Waals surface area contributed by atoms with Crippen LogP contribution in [0.3, 0.4) is 0 Å². The van der Waals surface area contributed by atoms with E-state index in [2.05, 4.69) is 15.5 Å². The summed E-state index contributed by atoms with van der Waals surface area (Å²) in [7, 11) is 0. The number of carbonyl (C=O) groups is 3. The number of imide groups is 1. The molecule has 2 aliphatic rings. The molecular formula is C18H17ClN4O5. The second-order valence-corrected chi connectivity index (χ2v) is 7.42. The summed E-state index contributed by atoms with van der Waals surface area (Å²) in [6.45, 7) is 0.949. The fourth-order valence-corrected chi connectivity index (χ4v) is 3.36. The van der Waals surface area contributed by atoms with Crippen LogP contribution in [0.5, 0.6) is 0 Å². The van der Waals surface area contributed by atoms with Gasteiger partial charge in [-0.25, -0.2) is 4.79 Å². The van der Waals surface area contributed by atoms with Crippen molar-refractivity contribution in [1.29, 1.82) is 0 Å². The molecule has 1 N–H and O–H groups in total. The van der Waals surface area contributed by atoms with Crippen LogP contribution in [-0.2, 0) is 20.9 Å². The molecule has 10 heteroatoms. The molecule has 0 bridgehead atoms. The zero-order chi connectivity index (χ0) is 19.9. The Morgan fingerprint density at radius 2 is 2.21 bits per heavy atom. The second-order valence-electron chi connectivity index (χ2n) is 6.98. The second kappa shape index (κ2) is 6.90. The largest absolute Gasteiger partial charge is 0.454 e. The van der Waals surface area contributed by atoms with Crippen LogP contribution in [0.2, 0.25) is 5.02 Å². The molecule has 28 heavy (non-hydrogen) atoms. The number of hydrogen-bond donors (Lipinski definition) is 1. The van der Waals surface area contributed by atoms with E-state index in [1.807, 2.05) is 0 Å². The van der Waals surface area contributed by atoms with Crippen LogP contribution in [0.1, 0.15) is 25.7 Å². The lowest BCUT2D eigenvalue weighted by Gasteiger charge is -2.20. The number of aromatic nitrogens is 2. The van der Waals surface area contributed by atoms with Crippen molar-refractivity contribution < 1.29 is 23.6 Å². The van der Waals surface area contributed by atoms with Crippen LogP contribution in [0.15, 0.2) is 28.8 Å². The zero-order valence-corrected chi connectivity index (χ0v) is 15.7. The highest BCUT2D eigenvalue weighted by atomic mass is 35.5. The Hall–Kier alpha value is -2.94. The Bertz CT molecular complexity index is 957. The predicted octanol–water partition coefficient (Wildman–Crippen LogP) is 2.15. The minimum absolute atomic E-state index is 0.0864.